The summed E-state index contributed by atoms with van der Waals surface area (Å²) in [7, 11) is 0. The maximum absolute atomic E-state index is 12.2. The average Bonchev–Trinajstić information content (AvgIpc) is 2.97. The van der Waals surface area contributed by atoms with Crippen molar-refractivity contribution < 1.29 is 4.79 Å². The molecule has 1 amide bonds. The SMILES string of the molecule is NCCNC(=O)c1cccn2c(C3CCCCC3)nnc12. The third-order valence-electron chi connectivity index (χ3n) is 4.11. The molecule has 0 spiro atoms. The topological polar surface area (TPSA) is 85.3 Å². The predicted molar refractivity (Wildman–Crippen MR) is 80.2 cm³/mol. The molecule has 3 rings (SSSR count). The summed E-state index contributed by atoms with van der Waals surface area (Å²) in [6.45, 7) is 0.887. The number of nitrogens with zero attached hydrogens (tertiary/aromatic N) is 3. The van der Waals surface area contributed by atoms with E-state index in [0.717, 1.165) is 18.7 Å². The molecule has 0 bridgehead atoms. The van der Waals surface area contributed by atoms with E-state index < -0.39 is 0 Å². The van der Waals surface area contributed by atoms with Crippen LogP contribution >= 0.6 is 0 Å². The lowest BCUT2D eigenvalue weighted by atomic mass is 9.89. The molecule has 0 radical (unpaired) electrons. The molecule has 6 heteroatoms. The van der Waals surface area contributed by atoms with Crippen LogP contribution in [0.5, 0.6) is 0 Å². The minimum Gasteiger partial charge on any atom is -0.351 e. The highest BCUT2D eigenvalue weighted by molar-refractivity contribution is 5.99. The summed E-state index contributed by atoms with van der Waals surface area (Å²) in [6, 6.07) is 3.65. The maximum Gasteiger partial charge on any atom is 0.255 e. The first-order chi connectivity index (χ1) is 10.3. The molecule has 6 nitrogen and oxygen atoms in total. The number of carbonyl (C=O) groups excluding carboxylic acids is 1. The number of carbonyl (C=O) groups is 1. The molecule has 0 aliphatic heterocycles. The van der Waals surface area contributed by atoms with E-state index in [1.165, 1.54) is 19.3 Å². The molecule has 1 saturated carbocycles. The largest absolute Gasteiger partial charge is 0.351 e. The van der Waals surface area contributed by atoms with Crippen LogP contribution in [0.15, 0.2) is 18.3 Å². The lowest BCUT2D eigenvalue weighted by molar-refractivity contribution is 0.0956. The number of pyridine rings is 1. The summed E-state index contributed by atoms with van der Waals surface area (Å²) in [5, 5.41) is 11.4. The fourth-order valence-electron chi connectivity index (χ4n) is 3.03. The molecule has 112 valence electrons. The Balaban J connectivity index is 1.93. The molecule has 2 aromatic heterocycles. The van der Waals surface area contributed by atoms with Gasteiger partial charge in [-0.05, 0) is 25.0 Å². The van der Waals surface area contributed by atoms with Gasteiger partial charge in [0.25, 0.3) is 5.91 Å². The van der Waals surface area contributed by atoms with Gasteiger partial charge in [0, 0.05) is 25.2 Å². The first kappa shape index (κ1) is 14.0. The van der Waals surface area contributed by atoms with Gasteiger partial charge < -0.3 is 11.1 Å². The van der Waals surface area contributed by atoms with Crippen LogP contribution in [0.4, 0.5) is 0 Å². The number of aromatic nitrogens is 3. The molecule has 3 N–H and O–H groups in total. The molecule has 1 aliphatic rings. The highest BCUT2D eigenvalue weighted by Gasteiger charge is 2.22. The van der Waals surface area contributed by atoms with E-state index in [4.69, 9.17) is 5.73 Å². The second kappa shape index (κ2) is 6.22. The normalized spacial score (nSPS) is 16.2. The van der Waals surface area contributed by atoms with Crippen molar-refractivity contribution in [2.75, 3.05) is 13.1 Å². The molecule has 1 fully saturated rings. The van der Waals surface area contributed by atoms with E-state index in [1.807, 2.05) is 16.7 Å². The zero-order valence-corrected chi connectivity index (χ0v) is 12.1. The van der Waals surface area contributed by atoms with E-state index >= 15 is 0 Å². The van der Waals surface area contributed by atoms with Gasteiger partial charge in [0.2, 0.25) is 0 Å². The molecule has 1 aliphatic carbocycles. The van der Waals surface area contributed by atoms with Crippen LogP contribution in [-0.2, 0) is 0 Å². The molecule has 2 aromatic rings. The highest BCUT2D eigenvalue weighted by Crippen LogP contribution is 2.31. The number of hydrogen-bond donors (Lipinski definition) is 2. The van der Waals surface area contributed by atoms with Crippen LogP contribution in [0.1, 0.15) is 54.2 Å². The Morgan fingerprint density at radius 3 is 2.90 bits per heavy atom. The zero-order chi connectivity index (χ0) is 14.7. The molecule has 0 saturated heterocycles. The van der Waals surface area contributed by atoms with Crippen LogP contribution in [0.25, 0.3) is 5.65 Å². The standard InChI is InChI=1S/C15H21N5O/c16-8-9-17-15(21)12-7-4-10-20-13(18-19-14(12)20)11-5-2-1-3-6-11/h4,7,10-11H,1-3,5-6,8-9,16H2,(H,17,21). The number of amides is 1. The van der Waals surface area contributed by atoms with E-state index in [0.29, 0.717) is 30.2 Å². The van der Waals surface area contributed by atoms with Crippen LogP contribution in [0, 0.1) is 0 Å². The van der Waals surface area contributed by atoms with Gasteiger partial charge in [-0.25, -0.2) is 0 Å². The summed E-state index contributed by atoms with van der Waals surface area (Å²) < 4.78 is 1.97. The van der Waals surface area contributed by atoms with Gasteiger partial charge in [0.05, 0.1) is 5.56 Å². The highest BCUT2D eigenvalue weighted by atomic mass is 16.1. The van der Waals surface area contributed by atoms with Crippen LogP contribution in [0.2, 0.25) is 0 Å². The van der Waals surface area contributed by atoms with Gasteiger partial charge in [0.1, 0.15) is 5.82 Å². The van der Waals surface area contributed by atoms with Gasteiger partial charge in [-0.2, -0.15) is 0 Å². The minimum absolute atomic E-state index is 0.145. The minimum atomic E-state index is -0.145. The Bertz CT molecular complexity index is 630. The Labute approximate surface area is 123 Å². The van der Waals surface area contributed by atoms with Gasteiger partial charge >= 0.3 is 0 Å². The molecule has 2 heterocycles. The van der Waals surface area contributed by atoms with E-state index in [9.17, 15) is 4.79 Å². The summed E-state index contributed by atoms with van der Waals surface area (Å²) >= 11 is 0. The molecule has 0 unspecified atom stereocenters. The Kier molecular flexibility index (Phi) is 4.15. The van der Waals surface area contributed by atoms with Crippen molar-refractivity contribution in [1.82, 2.24) is 19.9 Å². The van der Waals surface area contributed by atoms with Crippen molar-refractivity contribution in [3.8, 4) is 0 Å². The van der Waals surface area contributed by atoms with E-state index in [2.05, 4.69) is 15.5 Å². The van der Waals surface area contributed by atoms with Crippen LogP contribution in [-0.4, -0.2) is 33.6 Å². The quantitative estimate of drug-likeness (QED) is 0.891. The summed E-state index contributed by atoms with van der Waals surface area (Å²) in [5.41, 5.74) is 6.61. The third-order valence-corrected chi connectivity index (χ3v) is 4.11. The monoisotopic (exact) mass is 287 g/mol. The van der Waals surface area contributed by atoms with Crippen molar-refractivity contribution in [1.29, 1.82) is 0 Å². The smallest absolute Gasteiger partial charge is 0.255 e. The Hall–Kier alpha value is -1.95. The van der Waals surface area contributed by atoms with Crippen LogP contribution < -0.4 is 11.1 Å². The van der Waals surface area contributed by atoms with Crippen molar-refractivity contribution in [3.63, 3.8) is 0 Å². The fraction of sp³-hybridized carbons (Fsp3) is 0.533. The number of hydrogen-bond acceptors (Lipinski definition) is 4. The summed E-state index contributed by atoms with van der Waals surface area (Å²) in [5.74, 6) is 1.29. The van der Waals surface area contributed by atoms with Gasteiger partial charge in [-0.1, -0.05) is 19.3 Å². The lowest BCUT2D eigenvalue weighted by Crippen LogP contribution is -2.29. The van der Waals surface area contributed by atoms with Gasteiger partial charge in [-0.15, -0.1) is 10.2 Å². The first-order valence-electron chi connectivity index (χ1n) is 7.63. The molecular formula is C15H21N5O. The number of nitrogens with one attached hydrogen (secondary N) is 1. The molecule has 0 aromatic carbocycles. The van der Waals surface area contributed by atoms with Crippen molar-refractivity contribution in [2.45, 2.75) is 38.0 Å². The van der Waals surface area contributed by atoms with E-state index in [1.54, 1.807) is 6.07 Å². The predicted octanol–water partition coefficient (Wildman–Crippen LogP) is 1.47. The third kappa shape index (κ3) is 2.76. The molecular weight excluding hydrogens is 266 g/mol. The van der Waals surface area contributed by atoms with E-state index in [-0.39, 0.29) is 5.91 Å². The summed E-state index contributed by atoms with van der Waals surface area (Å²) in [6.07, 6.45) is 8.06. The first-order valence-corrected chi connectivity index (χ1v) is 7.63. The Morgan fingerprint density at radius 1 is 1.33 bits per heavy atom. The molecule has 0 atom stereocenters. The number of nitrogens with two attached hydrogens (primary N) is 1. The lowest BCUT2D eigenvalue weighted by Gasteiger charge is -2.19. The van der Waals surface area contributed by atoms with Gasteiger partial charge in [-0.3, -0.25) is 9.20 Å². The second-order valence-corrected chi connectivity index (χ2v) is 5.55. The van der Waals surface area contributed by atoms with Crippen LogP contribution in [0.3, 0.4) is 0 Å². The van der Waals surface area contributed by atoms with Crippen molar-refractivity contribution >= 4 is 11.6 Å². The number of fused-ring (bicyclic) bond motifs is 1. The zero-order valence-electron chi connectivity index (χ0n) is 12.1. The Morgan fingerprint density at radius 2 is 2.14 bits per heavy atom. The fourth-order valence-corrected chi connectivity index (χ4v) is 3.03. The number of rotatable bonds is 4. The van der Waals surface area contributed by atoms with Crippen molar-refractivity contribution in [2.24, 2.45) is 5.73 Å². The molecule has 21 heavy (non-hydrogen) atoms. The second-order valence-electron chi connectivity index (χ2n) is 5.55. The van der Waals surface area contributed by atoms with Gasteiger partial charge in [0.15, 0.2) is 5.65 Å². The maximum atomic E-state index is 12.2. The average molecular weight is 287 g/mol. The summed E-state index contributed by atoms with van der Waals surface area (Å²) in [4.78, 5) is 12.2. The van der Waals surface area contributed by atoms with Crippen molar-refractivity contribution in [3.05, 3.63) is 29.7 Å².